The Morgan fingerprint density at radius 3 is 2.34 bits per heavy atom. The topological polar surface area (TPSA) is 97.6 Å². The largest absolute Gasteiger partial charge is 0.324 e. The Morgan fingerprint density at radius 2 is 1.61 bits per heavy atom. The second-order valence-corrected chi connectivity index (χ2v) is 11.7. The van der Waals surface area contributed by atoms with Crippen molar-refractivity contribution < 1.29 is 0 Å². The normalized spacial score (nSPS) is 18.5. The maximum atomic E-state index is 14.0. The molecule has 2 saturated carbocycles. The zero-order chi connectivity index (χ0) is 27.6. The van der Waals surface area contributed by atoms with Crippen LogP contribution in [0.4, 0.5) is 11.6 Å². The van der Waals surface area contributed by atoms with Gasteiger partial charge in [0.25, 0.3) is 5.56 Å². The molecule has 0 unspecified atom stereocenters. The smallest absolute Gasteiger partial charge is 0.260 e. The number of benzene rings is 1. The first-order chi connectivity index (χ1) is 20.2. The minimum Gasteiger partial charge on any atom is -0.324 e. The van der Waals surface area contributed by atoms with Crippen molar-refractivity contribution in [2.75, 3.05) is 18.4 Å². The minimum atomic E-state index is -0.0253. The van der Waals surface area contributed by atoms with Crippen LogP contribution in [0, 0.1) is 0 Å². The van der Waals surface area contributed by atoms with Crippen molar-refractivity contribution in [1.82, 2.24) is 29.8 Å². The molecular weight excluding hydrogens is 510 g/mol. The van der Waals surface area contributed by atoms with Gasteiger partial charge in [0.1, 0.15) is 11.5 Å². The summed E-state index contributed by atoms with van der Waals surface area (Å²) in [6.07, 6.45) is 19.1. The maximum absolute atomic E-state index is 14.0. The van der Waals surface area contributed by atoms with E-state index >= 15 is 0 Å². The van der Waals surface area contributed by atoms with Gasteiger partial charge in [-0.2, -0.15) is 4.98 Å². The number of aromatic nitrogens is 5. The van der Waals surface area contributed by atoms with Crippen LogP contribution < -0.4 is 16.2 Å². The average molecular weight is 548 g/mol. The Morgan fingerprint density at radius 1 is 0.854 bits per heavy atom. The molecule has 3 aromatic heterocycles. The van der Waals surface area contributed by atoms with Crippen LogP contribution in [-0.4, -0.2) is 37.6 Å². The van der Waals surface area contributed by atoms with E-state index in [0.29, 0.717) is 23.1 Å². The van der Waals surface area contributed by atoms with Crippen LogP contribution in [0.1, 0.15) is 87.6 Å². The molecule has 8 heteroatoms. The summed E-state index contributed by atoms with van der Waals surface area (Å²) in [6.45, 7) is 1.93. The quantitative estimate of drug-likeness (QED) is 0.283. The molecule has 2 aliphatic carbocycles. The van der Waals surface area contributed by atoms with E-state index in [4.69, 9.17) is 15.0 Å². The third-order valence-electron chi connectivity index (χ3n) is 8.99. The molecule has 41 heavy (non-hydrogen) atoms. The molecule has 0 saturated heterocycles. The van der Waals surface area contributed by atoms with Gasteiger partial charge in [-0.05, 0) is 68.0 Å². The molecule has 4 aromatic rings. The van der Waals surface area contributed by atoms with Crippen LogP contribution in [-0.2, 0) is 0 Å². The highest BCUT2D eigenvalue weighted by atomic mass is 16.1. The summed E-state index contributed by atoms with van der Waals surface area (Å²) >= 11 is 0. The second-order valence-electron chi connectivity index (χ2n) is 11.7. The van der Waals surface area contributed by atoms with Gasteiger partial charge in [0, 0.05) is 53.7 Å². The standard InChI is InChI=1S/C33H37N7O/c41-32-29(26-20-35-30(36-21-26)24-6-2-1-3-7-24)18-25-19-37-33(39-31(25)40(32)28-8-4-5-9-28)38-27-12-10-22(11-13-27)23-14-16-34-17-15-23/h10-14,18-21,24,28,34H,1-9,15-17H2,(H,37,38,39). The monoisotopic (exact) mass is 547 g/mol. The molecule has 1 aliphatic heterocycles. The van der Waals surface area contributed by atoms with Gasteiger partial charge >= 0.3 is 0 Å². The Balaban J connectivity index is 1.21. The predicted molar refractivity (Wildman–Crippen MR) is 163 cm³/mol. The van der Waals surface area contributed by atoms with E-state index in [1.165, 1.54) is 30.4 Å². The van der Waals surface area contributed by atoms with E-state index < -0.39 is 0 Å². The third kappa shape index (κ3) is 5.40. The van der Waals surface area contributed by atoms with E-state index in [1.807, 2.05) is 29.2 Å². The van der Waals surface area contributed by atoms with Gasteiger partial charge < -0.3 is 10.6 Å². The summed E-state index contributed by atoms with van der Waals surface area (Å²) in [6, 6.07) is 10.5. The number of hydrogen-bond acceptors (Lipinski definition) is 7. The number of nitrogens with one attached hydrogen (secondary N) is 2. The predicted octanol–water partition coefficient (Wildman–Crippen LogP) is 6.53. The minimum absolute atomic E-state index is 0.0253. The van der Waals surface area contributed by atoms with Gasteiger partial charge in [0.2, 0.25) is 5.95 Å². The van der Waals surface area contributed by atoms with Crippen molar-refractivity contribution in [3.05, 3.63) is 76.7 Å². The zero-order valence-electron chi connectivity index (χ0n) is 23.5. The summed E-state index contributed by atoms with van der Waals surface area (Å²) in [5.41, 5.74) is 5.57. The van der Waals surface area contributed by atoms with Crippen LogP contribution in [0.3, 0.4) is 0 Å². The molecule has 7 rings (SSSR count). The van der Waals surface area contributed by atoms with E-state index in [-0.39, 0.29) is 11.6 Å². The fourth-order valence-electron chi connectivity index (χ4n) is 6.72. The van der Waals surface area contributed by atoms with Gasteiger partial charge in [-0.1, -0.05) is 50.3 Å². The van der Waals surface area contributed by atoms with E-state index in [0.717, 1.165) is 80.5 Å². The molecular formula is C33H37N7O. The van der Waals surface area contributed by atoms with Crippen molar-refractivity contribution in [2.24, 2.45) is 0 Å². The number of pyridine rings is 1. The fraction of sp³-hybridized carbons (Fsp3) is 0.424. The first-order valence-electron chi connectivity index (χ1n) is 15.2. The van der Waals surface area contributed by atoms with Gasteiger partial charge in [0.15, 0.2) is 0 Å². The highest BCUT2D eigenvalue weighted by Crippen LogP contribution is 2.33. The van der Waals surface area contributed by atoms with Crippen molar-refractivity contribution >= 4 is 28.2 Å². The lowest BCUT2D eigenvalue weighted by Crippen LogP contribution is -2.26. The molecule has 0 bridgehead atoms. The van der Waals surface area contributed by atoms with Crippen LogP contribution in [0.2, 0.25) is 0 Å². The number of hydrogen-bond donors (Lipinski definition) is 2. The molecule has 0 spiro atoms. The third-order valence-corrected chi connectivity index (χ3v) is 8.99. The zero-order valence-corrected chi connectivity index (χ0v) is 23.5. The first-order valence-corrected chi connectivity index (χ1v) is 15.2. The van der Waals surface area contributed by atoms with Gasteiger partial charge in [0.05, 0.1) is 5.56 Å². The summed E-state index contributed by atoms with van der Waals surface area (Å²) in [5, 5.41) is 7.57. The lowest BCUT2D eigenvalue weighted by atomic mass is 9.88. The van der Waals surface area contributed by atoms with Gasteiger partial charge in [-0.25, -0.2) is 15.0 Å². The lowest BCUT2D eigenvalue weighted by Gasteiger charge is -2.20. The molecule has 1 aromatic carbocycles. The van der Waals surface area contributed by atoms with Crippen LogP contribution in [0.25, 0.3) is 27.7 Å². The Bertz CT molecular complexity index is 1610. The summed E-state index contributed by atoms with van der Waals surface area (Å²) in [5.74, 6) is 1.83. The molecule has 4 heterocycles. The summed E-state index contributed by atoms with van der Waals surface area (Å²) < 4.78 is 1.91. The van der Waals surface area contributed by atoms with E-state index in [2.05, 4.69) is 46.0 Å². The Kier molecular flexibility index (Phi) is 7.31. The fourth-order valence-corrected chi connectivity index (χ4v) is 6.72. The van der Waals surface area contributed by atoms with Crippen molar-refractivity contribution in [1.29, 1.82) is 0 Å². The maximum Gasteiger partial charge on any atom is 0.260 e. The number of rotatable bonds is 6. The molecule has 3 aliphatic rings. The number of fused-ring (bicyclic) bond motifs is 1. The van der Waals surface area contributed by atoms with Crippen molar-refractivity contribution in [2.45, 2.75) is 76.2 Å². The van der Waals surface area contributed by atoms with Crippen LogP contribution >= 0.6 is 0 Å². The molecule has 2 fully saturated rings. The van der Waals surface area contributed by atoms with Crippen molar-refractivity contribution in [3.63, 3.8) is 0 Å². The molecule has 0 atom stereocenters. The number of anilines is 2. The van der Waals surface area contributed by atoms with E-state index in [9.17, 15) is 4.79 Å². The molecule has 8 nitrogen and oxygen atoms in total. The van der Waals surface area contributed by atoms with Crippen LogP contribution in [0.5, 0.6) is 0 Å². The number of nitrogens with zero attached hydrogens (tertiary/aromatic N) is 5. The molecule has 210 valence electrons. The summed E-state index contributed by atoms with van der Waals surface area (Å²) in [7, 11) is 0. The molecule has 0 radical (unpaired) electrons. The highest BCUT2D eigenvalue weighted by Gasteiger charge is 2.24. The average Bonchev–Trinajstić information content (AvgIpc) is 3.57. The molecule has 0 amide bonds. The lowest BCUT2D eigenvalue weighted by molar-refractivity contribution is 0.428. The van der Waals surface area contributed by atoms with Gasteiger partial charge in [-0.15, -0.1) is 0 Å². The Labute approximate surface area is 240 Å². The SMILES string of the molecule is O=c1c(-c2cnc(C3CCCCC3)nc2)cc2cnc(Nc3ccc(C4=CCNCC4)cc3)nc2n1C1CCCC1. The van der Waals surface area contributed by atoms with Crippen LogP contribution in [0.15, 0.2) is 59.8 Å². The second kappa shape index (κ2) is 11.5. The molecule has 2 N–H and O–H groups in total. The van der Waals surface area contributed by atoms with Crippen molar-refractivity contribution in [3.8, 4) is 11.1 Å². The first kappa shape index (κ1) is 26.0. The van der Waals surface area contributed by atoms with E-state index in [1.54, 1.807) is 0 Å². The highest BCUT2D eigenvalue weighted by molar-refractivity contribution is 5.82. The Hall–Kier alpha value is -3.91. The van der Waals surface area contributed by atoms with Gasteiger partial charge in [-0.3, -0.25) is 9.36 Å². The summed E-state index contributed by atoms with van der Waals surface area (Å²) in [4.78, 5) is 33.0.